The van der Waals surface area contributed by atoms with Gasteiger partial charge in [-0.25, -0.2) is 0 Å². The number of carbonyl (C=O) groups is 2. The molecule has 0 spiro atoms. The van der Waals surface area contributed by atoms with Crippen molar-refractivity contribution in [1.29, 1.82) is 0 Å². The van der Waals surface area contributed by atoms with Gasteiger partial charge in [-0.1, -0.05) is 6.92 Å². The van der Waals surface area contributed by atoms with Crippen LogP contribution in [-0.4, -0.2) is 47.4 Å². The van der Waals surface area contributed by atoms with Crippen LogP contribution >= 0.6 is 11.8 Å². The zero-order valence-electron chi connectivity index (χ0n) is 10.9. The third-order valence-corrected chi connectivity index (χ3v) is 4.42. The van der Waals surface area contributed by atoms with Crippen LogP contribution in [0.5, 0.6) is 0 Å². The van der Waals surface area contributed by atoms with Crippen LogP contribution in [-0.2, 0) is 9.59 Å². The lowest BCUT2D eigenvalue weighted by Gasteiger charge is -2.24. The lowest BCUT2D eigenvalue weighted by atomic mass is 10.2. The molecule has 0 aromatic rings. The first-order chi connectivity index (χ1) is 8.04. The van der Waals surface area contributed by atoms with Gasteiger partial charge in [0, 0.05) is 25.3 Å². The fraction of sp³-hybridized carbons (Fsp3) is 0.833. The molecule has 1 aliphatic rings. The van der Waals surface area contributed by atoms with Gasteiger partial charge in [-0.2, -0.15) is 11.8 Å². The van der Waals surface area contributed by atoms with Gasteiger partial charge in [-0.05, 0) is 25.0 Å². The molecule has 2 amide bonds. The molecule has 1 rings (SSSR count). The van der Waals surface area contributed by atoms with Crippen molar-refractivity contribution in [1.82, 2.24) is 10.2 Å². The van der Waals surface area contributed by atoms with Gasteiger partial charge < -0.3 is 10.2 Å². The fourth-order valence-electron chi connectivity index (χ4n) is 2.18. The molecular formula is C12H22N2O2S. The molecule has 2 unspecified atom stereocenters. The van der Waals surface area contributed by atoms with Crippen LogP contribution in [0.4, 0.5) is 0 Å². The Labute approximate surface area is 108 Å². The van der Waals surface area contributed by atoms with Gasteiger partial charge in [0.25, 0.3) is 0 Å². The van der Waals surface area contributed by atoms with Crippen LogP contribution in [0.1, 0.15) is 33.1 Å². The summed E-state index contributed by atoms with van der Waals surface area (Å²) in [5.41, 5.74) is 0. The molecule has 0 aromatic heterocycles. The van der Waals surface area contributed by atoms with Crippen LogP contribution < -0.4 is 5.32 Å². The topological polar surface area (TPSA) is 49.4 Å². The Balaban J connectivity index is 2.35. The summed E-state index contributed by atoms with van der Waals surface area (Å²) in [6.07, 6.45) is 3.36. The fourth-order valence-corrected chi connectivity index (χ4v) is 3.32. The summed E-state index contributed by atoms with van der Waals surface area (Å²) in [6.45, 7) is 3.72. The number of thioether (sulfide) groups is 1. The quantitative estimate of drug-likeness (QED) is 0.807. The van der Waals surface area contributed by atoms with E-state index in [1.54, 1.807) is 4.90 Å². The smallest absolute Gasteiger partial charge is 0.241 e. The van der Waals surface area contributed by atoms with Gasteiger partial charge in [0.05, 0.1) is 6.54 Å². The SMILES string of the molecule is CCSC1CCC(N(C)C(=O)CNC(C)=O)C1. The molecule has 1 fully saturated rings. The highest BCUT2D eigenvalue weighted by Gasteiger charge is 2.29. The molecule has 2 atom stereocenters. The second kappa shape index (κ2) is 6.89. The van der Waals surface area contributed by atoms with Crippen molar-refractivity contribution in [3.8, 4) is 0 Å². The number of amides is 2. The summed E-state index contributed by atoms with van der Waals surface area (Å²) in [5.74, 6) is 0.992. The van der Waals surface area contributed by atoms with E-state index in [4.69, 9.17) is 0 Å². The van der Waals surface area contributed by atoms with E-state index in [-0.39, 0.29) is 18.4 Å². The molecule has 98 valence electrons. The Morgan fingerprint density at radius 2 is 2.12 bits per heavy atom. The summed E-state index contributed by atoms with van der Waals surface area (Å²) in [4.78, 5) is 24.3. The maximum Gasteiger partial charge on any atom is 0.241 e. The average Bonchev–Trinajstić information content (AvgIpc) is 2.74. The molecular weight excluding hydrogens is 236 g/mol. The first kappa shape index (κ1) is 14.4. The Kier molecular flexibility index (Phi) is 5.82. The van der Waals surface area contributed by atoms with Gasteiger partial charge in [0.1, 0.15) is 0 Å². The molecule has 0 bridgehead atoms. The second-order valence-electron chi connectivity index (χ2n) is 4.46. The van der Waals surface area contributed by atoms with Gasteiger partial charge in [0.2, 0.25) is 11.8 Å². The molecule has 0 radical (unpaired) electrons. The van der Waals surface area contributed by atoms with Crippen molar-refractivity contribution in [2.45, 2.75) is 44.4 Å². The number of carbonyl (C=O) groups excluding carboxylic acids is 2. The van der Waals surface area contributed by atoms with Crippen molar-refractivity contribution in [3.63, 3.8) is 0 Å². The van der Waals surface area contributed by atoms with Crippen LogP contribution in [0.3, 0.4) is 0 Å². The molecule has 1 saturated carbocycles. The van der Waals surface area contributed by atoms with Crippen LogP contribution in [0.25, 0.3) is 0 Å². The molecule has 0 heterocycles. The van der Waals surface area contributed by atoms with Crippen molar-refractivity contribution in [3.05, 3.63) is 0 Å². The van der Waals surface area contributed by atoms with Crippen molar-refractivity contribution >= 4 is 23.6 Å². The van der Waals surface area contributed by atoms with Crippen LogP contribution in [0, 0.1) is 0 Å². The van der Waals surface area contributed by atoms with E-state index in [1.807, 2.05) is 18.8 Å². The molecule has 17 heavy (non-hydrogen) atoms. The van der Waals surface area contributed by atoms with Crippen LogP contribution in [0.15, 0.2) is 0 Å². The number of hydrogen-bond acceptors (Lipinski definition) is 3. The highest BCUT2D eigenvalue weighted by atomic mass is 32.2. The lowest BCUT2D eigenvalue weighted by molar-refractivity contribution is -0.133. The summed E-state index contributed by atoms with van der Waals surface area (Å²) < 4.78 is 0. The molecule has 1 aliphatic carbocycles. The zero-order valence-corrected chi connectivity index (χ0v) is 11.7. The predicted molar refractivity (Wildman–Crippen MR) is 71.0 cm³/mol. The van der Waals surface area contributed by atoms with E-state index in [2.05, 4.69) is 12.2 Å². The first-order valence-electron chi connectivity index (χ1n) is 6.16. The first-order valence-corrected chi connectivity index (χ1v) is 7.21. The average molecular weight is 258 g/mol. The highest BCUT2D eigenvalue weighted by molar-refractivity contribution is 7.99. The standard InChI is InChI=1S/C12H22N2O2S/c1-4-17-11-6-5-10(7-11)14(3)12(16)8-13-9(2)15/h10-11H,4-8H2,1-3H3,(H,13,15). The van der Waals surface area contributed by atoms with E-state index in [0.717, 1.165) is 18.6 Å². The number of nitrogens with zero attached hydrogens (tertiary/aromatic N) is 1. The maximum atomic E-state index is 11.8. The van der Waals surface area contributed by atoms with Crippen molar-refractivity contribution < 1.29 is 9.59 Å². The van der Waals surface area contributed by atoms with E-state index in [0.29, 0.717) is 11.3 Å². The highest BCUT2D eigenvalue weighted by Crippen LogP contribution is 2.32. The number of rotatable bonds is 5. The largest absolute Gasteiger partial charge is 0.347 e. The van der Waals surface area contributed by atoms with Crippen molar-refractivity contribution in [2.75, 3.05) is 19.3 Å². The molecule has 0 aromatic carbocycles. The zero-order chi connectivity index (χ0) is 12.8. The molecule has 0 saturated heterocycles. The Bertz CT molecular complexity index is 284. The third kappa shape index (κ3) is 4.58. The second-order valence-corrected chi connectivity index (χ2v) is 6.04. The number of nitrogens with one attached hydrogen (secondary N) is 1. The van der Waals surface area contributed by atoms with E-state index in [1.165, 1.54) is 13.3 Å². The van der Waals surface area contributed by atoms with Gasteiger partial charge in [-0.15, -0.1) is 0 Å². The lowest BCUT2D eigenvalue weighted by Crippen LogP contribution is -2.42. The minimum Gasteiger partial charge on any atom is -0.347 e. The van der Waals surface area contributed by atoms with Crippen molar-refractivity contribution in [2.24, 2.45) is 0 Å². The van der Waals surface area contributed by atoms with Crippen LogP contribution in [0.2, 0.25) is 0 Å². The number of hydrogen-bond donors (Lipinski definition) is 1. The number of likely N-dealkylation sites (N-methyl/N-ethyl adjacent to an activating group) is 1. The normalized spacial score (nSPS) is 23.5. The summed E-state index contributed by atoms with van der Waals surface area (Å²) in [7, 11) is 1.84. The monoisotopic (exact) mass is 258 g/mol. The molecule has 4 nitrogen and oxygen atoms in total. The van der Waals surface area contributed by atoms with E-state index in [9.17, 15) is 9.59 Å². The minimum atomic E-state index is -0.155. The summed E-state index contributed by atoms with van der Waals surface area (Å²) in [6, 6.07) is 0.348. The summed E-state index contributed by atoms with van der Waals surface area (Å²) in [5, 5.41) is 3.25. The molecule has 1 N–H and O–H groups in total. The van der Waals surface area contributed by atoms with Gasteiger partial charge >= 0.3 is 0 Å². The van der Waals surface area contributed by atoms with E-state index >= 15 is 0 Å². The minimum absolute atomic E-state index is 0.00680. The molecule has 0 aliphatic heterocycles. The van der Waals surface area contributed by atoms with E-state index < -0.39 is 0 Å². The van der Waals surface area contributed by atoms with Gasteiger partial charge in [0.15, 0.2) is 0 Å². The molecule has 5 heteroatoms. The third-order valence-electron chi connectivity index (χ3n) is 3.19. The Hall–Kier alpha value is -0.710. The Morgan fingerprint density at radius 1 is 1.41 bits per heavy atom. The predicted octanol–water partition coefficient (Wildman–Crippen LogP) is 1.26. The van der Waals surface area contributed by atoms with Gasteiger partial charge in [-0.3, -0.25) is 9.59 Å². The Morgan fingerprint density at radius 3 is 2.71 bits per heavy atom. The summed E-state index contributed by atoms with van der Waals surface area (Å²) >= 11 is 1.98. The maximum absolute atomic E-state index is 11.8.